The maximum Gasteiger partial charge on any atom is 0.248 e. The predicted octanol–water partition coefficient (Wildman–Crippen LogP) is 3.18. The number of pyridine rings is 1. The quantitative estimate of drug-likeness (QED) is 0.857. The number of halogens is 1. The highest BCUT2D eigenvalue weighted by Crippen LogP contribution is 2.15. The number of nitrogens with one attached hydrogen (secondary N) is 1. The van der Waals surface area contributed by atoms with E-state index in [2.05, 4.69) is 10.3 Å². The zero-order valence-corrected chi connectivity index (χ0v) is 10.4. The van der Waals surface area contributed by atoms with E-state index in [-0.39, 0.29) is 11.6 Å². The average molecular weight is 256 g/mol. The molecule has 0 spiro atoms. The number of anilines is 1. The number of hydrogen-bond donors (Lipinski definition) is 1. The third-order valence-electron chi connectivity index (χ3n) is 2.52. The van der Waals surface area contributed by atoms with Crippen molar-refractivity contribution in [3.8, 4) is 0 Å². The Balaban J connectivity index is 2.04. The summed E-state index contributed by atoms with van der Waals surface area (Å²) in [5.41, 5.74) is 1.84. The van der Waals surface area contributed by atoms with Crippen LogP contribution in [0.2, 0.25) is 0 Å². The highest BCUT2D eigenvalue weighted by Gasteiger charge is 2.04. The number of benzene rings is 1. The van der Waals surface area contributed by atoms with Crippen LogP contribution in [0.5, 0.6) is 0 Å². The second-order valence-corrected chi connectivity index (χ2v) is 4.09. The molecule has 0 aliphatic heterocycles. The van der Waals surface area contributed by atoms with Gasteiger partial charge in [0.05, 0.1) is 5.69 Å². The molecule has 0 fully saturated rings. The van der Waals surface area contributed by atoms with Crippen LogP contribution in [0, 0.1) is 12.7 Å². The van der Waals surface area contributed by atoms with Crippen LogP contribution in [0.15, 0.2) is 48.8 Å². The van der Waals surface area contributed by atoms with Crippen LogP contribution in [-0.2, 0) is 4.79 Å². The number of carbonyl (C=O) groups is 1. The van der Waals surface area contributed by atoms with Gasteiger partial charge in [-0.3, -0.25) is 9.78 Å². The summed E-state index contributed by atoms with van der Waals surface area (Å²) < 4.78 is 13.5. The van der Waals surface area contributed by atoms with Gasteiger partial charge in [0, 0.05) is 18.5 Å². The lowest BCUT2D eigenvalue weighted by atomic mass is 10.2. The number of rotatable bonds is 3. The van der Waals surface area contributed by atoms with Gasteiger partial charge in [-0.25, -0.2) is 4.39 Å². The first-order chi connectivity index (χ1) is 9.15. The standard InChI is InChI=1S/C15H13FN2O/c1-11-2-4-14(13(16)10-11)18-15(19)5-3-12-6-8-17-9-7-12/h2-10H,1H3,(H,18,19). The number of amides is 1. The fraction of sp³-hybridized carbons (Fsp3) is 0.0667. The van der Waals surface area contributed by atoms with Crippen molar-refractivity contribution in [3.05, 3.63) is 65.7 Å². The summed E-state index contributed by atoms with van der Waals surface area (Å²) >= 11 is 0. The number of aryl methyl sites for hydroxylation is 1. The lowest BCUT2D eigenvalue weighted by Gasteiger charge is -2.04. The van der Waals surface area contributed by atoms with Crippen molar-refractivity contribution in [2.45, 2.75) is 6.92 Å². The van der Waals surface area contributed by atoms with E-state index in [4.69, 9.17) is 0 Å². The second kappa shape index (κ2) is 5.91. The zero-order valence-electron chi connectivity index (χ0n) is 10.4. The van der Waals surface area contributed by atoms with Crippen molar-refractivity contribution >= 4 is 17.7 Å². The first-order valence-corrected chi connectivity index (χ1v) is 5.80. The molecule has 0 saturated carbocycles. The molecule has 96 valence electrons. The van der Waals surface area contributed by atoms with Crippen molar-refractivity contribution in [1.82, 2.24) is 4.98 Å². The first-order valence-electron chi connectivity index (χ1n) is 5.80. The van der Waals surface area contributed by atoms with Gasteiger partial charge >= 0.3 is 0 Å². The van der Waals surface area contributed by atoms with Gasteiger partial charge in [0.2, 0.25) is 5.91 Å². The highest BCUT2D eigenvalue weighted by atomic mass is 19.1. The second-order valence-electron chi connectivity index (χ2n) is 4.09. The molecule has 0 saturated heterocycles. The van der Waals surface area contributed by atoms with E-state index in [9.17, 15) is 9.18 Å². The Morgan fingerprint density at radius 2 is 2.00 bits per heavy atom. The summed E-state index contributed by atoms with van der Waals surface area (Å²) in [6, 6.07) is 8.21. The van der Waals surface area contributed by atoms with E-state index >= 15 is 0 Å². The number of hydrogen-bond acceptors (Lipinski definition) is 2. The average Bonchev–Trinajstić information content (AvgIpc) is 2.41. The monoisotopic (exact) mass is 256 g/mol. The third kappa shape index (κ3) is 3.74. The molecule has 0 aliphatic carbocycles. The minimum Gasteiger partial charge on any atom is -0.320 e. The van der Waals surface area contributed by atoms with E-state index in [1.165, 1.54) is 12.1 Å². The molecule has 2 aromatic rings. The molecule has 0 aliphatic rings. The highest BCUT2D eigenvalue weighted by molar-refractivity contribution is 6.01. The Morgan fingerprint density at radius 1 is 1.26 bits per heavy atom. The summed E-state index contributed by atoms with van der Waals surface area (Å²) in [5, 5.41) is 2.49. The fourth-order valence-electron chi connectivity index (χ4n) is 1.54. The van der Waals surface area contributed by atoms with Crippen molar-refractivity contribution in [2.24, 2.45) is 0 Å². The van der Waals surface area contributed by atoms with Crippen LogP contribution in [0.4, 0.5) is 10.1 Å². The molecule has 0 radical (unpaired) electrons. The Bertz CT molecular complexity index is 609. The summed E-state index contributed by atoms with van der Waals surface area (Å²) in [6.45, 7) is 1.79. The zero-order chi connectivity index (χ0) is 13.7. The van der Waals surface area contributed by atoms with Crippen LogP contribution in [0.1, 0.15) is 11.1 Å². The predicted molar refractivity (Wildman–Crippen MR) is 73.0 cm³/mol. The Labute approximate surface area is 110 Å². The SMILES string of the molecule is Cc1ccc(NC(=O)C=Cc2ccncc2)c(F)c1. The van der Waals surface area contributed by atoms with E-state index in [1.807, 2.05) is 0 Å². The molecule has 4 heteroatoms. The maximum absolute atomic E-state index is 13.5. The van der Waals surface area contributed by atoms with Crippen molar-refractivity contribution < 1.29 is 9.18 Å². The Kier molecular flexibility index (Phi) is 4.03. The van der Waals surface area contributed by atoms with Gasteiger partial charge in [-0.2, -0.15) is 0 Å². The third-order valence-corrected chi connectivity index (χ3v) is 2.52. The number of carbonyl (C=O) groups excluding carboxylic acids is 1. The largest absolute Gasteiger partial charge is 0.320 e. The molecule has 1 amide bonds. The van der Waals surface area contributed by atoms with Crippen LogP contribution >= 0.6 is 0 Å². The molecular weight excluding hydrogens is 243 g/mol. The maximum atomic E-state index is 13.5. The molecule has 0 atom stereocenters. The molecule has 1 aromatic heterocycles. The smallest absolute Gasteiger partial charge is 0.248 e. The van der Waals surface area contributed by atoms with Crippen LogP contribution in [-0.4, -0.2) is 10.9 Å². The lowest BCUT2D eigenvalue weighted by molar-refractivity contribution is -0.111. The molecule has 1 heterocycles. The molecular formula is C15H13FN2O. The van der Waals surface area contributed by atoms with Gasteiger partial charge in [-0.1, -0.05) is 6.07 Å². The van der Waals surface area contributed by atoms with E-state index < -0.39 is 5.82 Å². The molecule has 2 rings (SSSR count). The molecule has 1 N–H and O–H groups in total. The lowest BCUT2D eigenvalue weighted by Crippen LogP contribution is -2.09. The fourth-order valence-corrected chi connectivity index (χ4v) is 1.54. The molecule has 19 heavy (non-hydrogen) atoms. The summed E-state index contributed by atoms with van der Waals surface area (Å²) in [5.74, 6) is -0.815. The van der Waals surface area contributed by atoms with Crippen molar-refractivity contribution in [3.63, 3.8) is 0 Å². The van der Waals surface area contributed by atoms with Gasteiger partial charge < -0.3 is 5.32 Å². The van der Waals surface area contributed by atoms with Gasteiger partial charge in [-0.05, 0) is 48.4 Å². The van der Waals surface area contributed by atoms with Crippen LogP contribution < -0.4 is 5.32 Å². The first kappa shape index (κ1) is 13.0. The summed E-state index contributed by atoms with van der Waals surface area (Å²) in [7, 11) is 0. The van der Waals surface area contributed by atoms with Crippen LogP contribution in [0.25, 0.3) is 6.08 Å². The number of aromatic nitrogens is 1. The minimum absolute atomic E-state index is 0.176. The molecule has 0 unspecified atom stereocenters. The topological polar surface area (TPSA) is 42.0 Å². The minimum atomic E-state index is -0.439. The normalized spacial score (nSPS) is 10.6. The van der Waals surface area contributed by atoms with E-state index in [0.717, 1.165) is 11.1 Å². The van der Waals surface area contributed by atoms with Gasteiger partial charge in [0.25, 0.3) is 0 Å². The molecule has 0 bridgehead atoms. The Hall–Kier alpha value is -2.49. The van der Waals surface area contributed by atoms with Gasteiger partial charge in [0.15, 0.2) is 0 Å². The van der Waals surface area contributed by atoms with Crippen LogP contribution in [0.3, 0.4) is 0 Å². The van der Waals surface area contributed by atoms with E-state index in [0.29, 0.717) is 0 Å². The molecule has 1 aromatic carbocycles. The van der Waals surface area contributed by atoms with Crippen molar-refractivity contribution in [2.75, 3.05) is 5.32 Å². The van der Waals surface area contributed by atoms with Crippen molar-refractivity contribution in [1.29, 1.82) is 0 Å². The number of nitrogens with zero attached hydrogens (tertiary/aromatic N) is 1. The van der Waals surface area contributed by atoms with E-state index in [1.54, 1.807) is 49.7 Å². The van der Waals surface area contributed by atoms with Gasteiger partial charge in [0.1, 0.15) is 5.82 Å². The van der Waals surface area contributed by atoms with Gasteiger partial charge in [-0.15, -0.1) is 0 Å². The summed E-state index contributed by atoms with van der Waals surface area (Å²) in [6.07, 6.45) is 6.27. The Morgan fingerprint density at radius 3 is 2.68 bits per heavy atom. The summed E-state index contributed by atoms with van der Waals surface area (Å²) in [4.78, 5) is 15.5. The molecule has 3 nitrogen and oxygen atoms in total.